The zero-order valence-electron chi connectivity index (χ0n) is 10.9. The molecule has 4 nitrogen and oxygen atoms in total. The molecule has 0 saturated carbocycles. The minimum Gasteiger partial charge on any atom is -0.321 e. The molecule has 0 aliphatic rings. The topological polar surface area (TPSA) is 68.0 Å². The van der Waals surface area contributed by atoms with Crippen LogP contribution in [-0.4, -0.2) is 17.4 Å². The zero-order chi connectivity index (χ0) is 15.2. The number of nitrogens with zero attached hydrogens (tertiary/aromatic N) is 1. The molecule has 1 aromatic heterocycles. The summed E-state index contributed by atoms with van der Waals surface area (Å²) in [7, 11) is 0. The molecule has 0 spiro atoms. The lowest BCUT2D eigenvalue weighted by Gasteiger charge is -2.08. The van der Waals surface area contributed by atoms with E-state index in [2.05, 4.69) is 22.1 Å². The summed E-state index contributed by atoms with van der Waals surface area (Å²) in [5, 5.41) is 3.01. The molecule has 2 aromatic rings. The average Bonchev–Trinajstić information content (AvgIpc) is 2.47. The van der Waals surface area contributed by atoms with Gasteiger partial charge in [0, 0.05) is 16.8 Å². The molecule has 0 aliphatic heterocycles. The first-order chi connectivity index (χ1) is 10.1. The largest absolute Gasteiger partial charge is 0.321 e. The molecule has 0 bridgehead atoms. The van der Waals surface area contributed by atoms with Crippen LogP contribution >= 0.6 is 11.6 Å². The molecule has 0 fully saturated rings. The highest BCUT2D eigenvalue weighted by molar-refractivity contribution is 6.31. The Hall–Kier alpha value is -2.42. The summed E-state index contributed by atoms with van der Waals surface area (Å²) in [6, 6.07) is 6.13. The quantitative estimate of drug-likeness (QED) is 0.837. The van der Waals surface area contributed by atoms with E-state index in [1.807, 2.05) is 0 Å². The fourth-order valence-corrected chi connectivity index (χ4v) is 1.80. The smallest absolute Gasteiger partial charge is 0.258 e. The number of carbonyl (C=O) groups is 1. The van der Waals surface area contributed by atoms with Gasteiger partial charge in [-0.05, 0) is 24.3 Å². The molecule has 21 heavy (non-hydrogen) atoms. The third-order valence-corrected chi connectivity index (χ3v) is 2.81. The molecular formula is C15H11ClFN3O. The molecule has 0 atom stereocenters. The van der Waals surface area contributed by atoms with Crippen molar-refractivity contribution in [3.8, 4) is 11.8 Å². The van der Waals surface area contributed by atoms with Gasteiger partial charge in [0.15, 0.2) is 5.82 Å². The molecule has 2 rings (SSSR count). The van der Waals surface area contributed by atoms with Crippen LogP contribution in [0.1, 0.15) is 15.9 Å². The van der Waals surface area contributed by atoms with Crippen molar-refractivity contribution < 1.29 is 9.18 Å². The van der Waals surface area contributed by atoms with Gasteiger partial charge < -0.3 is 11.1 Å². The Morgan fingerprint density at radius 2 is 2.24 bits per heavy atom. The number of halogens is 2. The van der Waals surface area contributed by atoms with Gasteiger partial charge in [0.05, 0.1) is 24.0 Å². The van der Waals surface area contributed by atoms with Crippen LogP contribution in [0.5, 0.6) is 0 Å². The number of amides is 1. The lowest BCUT2D eigenvalue weighted by Crippen LogP contribution is -2.14. The molecule has 0 radical (unpaired) electrons. The highest BCUT2D eigenvalue weighted by Gasteiger charge is 2.13. The monoisotopic (exact) mass is 303 g/mol. The van der Waals surface area contributed by atoms with Gasteiger partial charge >= 0.3 is 0 Å². The molecular weight excluding hydrogens is 293 g/mol. The third-order valence-electron chi connectivity index (χ3n) is 2.57. The number of anilines is 1. The molecule has 3 N–H and O–H groups in total. The molecule has 0 saturated heterocycles. The van der Waals surface area contributed by atoms with Crippen LogP contribution in [0.25, 0.3) is 0 Å². The summed E-state index contributed by atoms with van der Waals surface area (Å²) in [6.07, 6.45) is 2.31. The van der Waals surface area contributed by atoms with Gasteiger partial charge in [-0.1, -0.05) is 23.4 Å². The van der Waals surface area contributed by atoms with Gasteiger partial charge in [0.25, 0.3) is 5.91 Å². The van der Waals surface area contributed by atoms with Crippen molar-refractivity contribution in [2.24, 2.45) is 5.73 Å². The van der Waals surface area contributed by atoms with Crippen molar-refractivity contribution >= 4 is 23.2 Å². The summed E-state index contributed by atoms with van der Waals surface area (Å²) in [5.74, 6) is 4.20. The van der Waals surface area contributed by atoms with Crippen molar-refractivity contribution in [3.05, 3.63) is 58.6 Å². The van der Waals surface area contributed by atoms with Crippen LogP contribution in [0.4, 0.5) is 10.1 Å². The van der Waals surface area contributed by atoms with Gasteiger partial charge in [0.1, 0.15) is 0 Å². The number of nitrogens with two attached hydrogens (primary N) is 1. The van der Waals surface area contributed by atoms with E-state index in [4.69, 9.17) is 17.3 Å². The van der Waals surface area contributed by atoms with Crippen molar-refractivity contribution in [2.75, 3.05) is 11.9 Å². The highest BCUT2D eigenvalue weighted by Crippen LogP contribution is 2.21. The number of nitrogens with one attached hydrogen (secondary N) is 1. The minimum absolute atomic E-state index is 0.109. The van der Waals surface area contributed by atoms with Crippen LogP contribution in [0.2, 0.25) is 5.02 Å². The van der Waals surface area contributed by atoms with Crippen molar-refractivity contribution in [1.82, 2.24) is 4.98 Å². The van der Waals surface area contributed by atoms with Crippen molar-refractivity contribution in [1.29, 1.82) is 0 Å². The molecule has 0 aliphatic carbocycles. The molecule has 1 aromatic carbocycles. The Kier molecular flexibility index (Phi) is 4.88. The van der Waals surface area contributed by atoms with Gasteiger partial charge in [-0.2, -0.15) is 0 Å². The number of carbonyl (C=O) groups excluding carboxylic acids is 1. The molecule has 1 amide bonds. The van der Waals surface area contributed by atoms with E-state index in [1.165, 1.54) is 12.3 Å². The zero-order valence-corrected chi connectivity index (χ0v) is 11.6. The van der Waals surface area contributed by atoms with Gasteiger partial charge in [0.2, 0.25) is 0 Å². The maximum Gasteiger partial charge on any atom is 0.258 e. The Labute approximate surface area is 126 Å². The van der Waals surface area contributed by atoms with Crippen LogP contribution in [0, 0.1) is 17.7 Å². The standard InChI is InChI=1S/C15H11ClFN3O/c16-11-4-3-10(2-1-6-18)14(8-11)20-15(21)12-5-7-19-9-13(12)17/h3-5,7-9H,6,18H2,(H,20,21). The first-order valence-electron chi connectivity index (χ1n) is 6.01. The number of hydrogen-bond acceptors (Lipinski definition) is 3. The second-order valence-electron chi connectivity index (χ2n) is 4.01. The first kappa shape index (κ1) is 15.0. The van der Waals surface area contributed by atoms with E-state index in [9.17, 15) is 9.18 Å². The van der Waals surface area contributed by atoms with Gasteiger partial charge in [-0.3, -0.25) is 9.78 Å². The van der Waals surface area contributed by atoms with E-state index < -0.39 is 11.7 Å². The maximum absolute atomic E-state index is 13.5. The summed E-state index contributed by atoms with van der Waals surface area (Å²) < 4.78 is 13.5. The van der Waals surface area contributed by atoms with Crippen LogP contribution in [-0.2, 0) is 0 Å². The predicted octanol–water partition coefficient (Wildman–Crippen LogP) is 2.44. The second kappa shape index (κ2) is 6.84. The van der Waals surface area contributed by atoms with Gasteiger partial charge in [-0.25, -0.2) is 4.39 Å². The van der Waals surface area contributed by atoms with E-state index in [1.54, 1.807) is 18.2 Å². The average molecular weight is 304 g/mol. The maximum atomic E-state index is 13.5. The van der Waals surface area contributed by atoms with E-state index in [0.717, 1.165) is 6.20 Å². The molecule has 0 unspecified atom stereocenters. The fourth-order valence-electron chi connectivity index (χ4n) is 1.62. The first-order valence-corrected chi connectivity index (χ1v) is 6.39. The Bertz CT molecular complexity index is 737. The van der Waals surface area contributed by atoms with E-state index >= 15 is 0 Å². The number of pyridine rings is 1. The second-order valence-corrected chi connectivity index (χ2v) is 4.44. The summed E-state index contributed by atoms with van der Waals surface area (Å²) in [5.41, 5.74) is 6.16. The normalized spacial score (nSPS) is 9.67. The summed E-state index contributed by atoms with van der Waals surface area (Å²) in [4.78, 5) is 15.7. The van der Waals surface area contributed by atoms with E-state index in [-0.39, 0.29) is 12.1 Å². The fraction of sp³-hybridized carbons (Fsp3) is 0.0667. The van der Waals surface area contributed by atoms with Crippen LogP contribution in [0.15, 0.2) is 36.7 Å². The van der Waals surface area contributed by atoms with Crippen LogP contribution < -0.4 is 11.1 Å². The highest BCUT2D eigenvalue weighted by atomic mass is 35.5. The minimum atomic E-state index is -0.702. The van der Waals surface area contributed by atoms with Gasteiger partial charge in [-0.15, -0.1) is 0 Å². The Morgan fingerprint density at radius 3 is 2.95 bits per heavy atom. The number of benzene rings is 1. The lowest BCUT2D eigenvalue weighted by atomic mass is 10.1. The third kappa shape index (κ3) is 3.78. The van der Waals surface area contributed by atoms with Crippen molar-refractivity contribution in [2.45, 2.75) is 0 Å². The summed E-state index contributed by atoms with van der Waals surface area (Å²) >= 11 is 5.90. The van der Waals surface area contributed by atoms with E-state index in [0.29, 0.717) is 16.3 Å². The Balaban J connectivity index is 2.33. The lowest BCUT2D eigenvalue weighted by molar-refractivity contribution is 0.102. The summed E-state index contributed by atoms with van der Waals surface area (Å²) in [6.45, 7) is 0.189. The molecule has 6 heteroatoms. The molecule has 106 valence electrons. The SMILES string of the molecule is NCC#Cc1ccc(Cl)cc1NC(=O)c1ccncc1F. The van der Waals surface area contributed by atoms with Crippen molar-refractivity contribution in [3.63, 3.8) is 0 Å². The number of rotatable bonds is 2. The molecule has 1 heterocycles. The number of aromatic nitrogens is 1. The van der Waals surface area contributed by atoms with Crippen LogP contribution in [0.3, 0.4) is 0 Å². The predicted molar refractivity (Wildman–Crippen MR) is 79.5 cm³/mol. The Morgan fingerprint density at radius 1 is 1.43 bits per heavy atom. The number of hydrogen-bond donors (Lipinski definition) is 2.